The Balaban J connectivity index is 1.37. The molecule has 2 aliphatic rings. The number of nitrogens with one attached hydrogen (secondary N) is 3. The number of hydrogen-bond donors (Lipinski definition) is 3. The normalized spacial score (nSPS) is 17.7. The molecule has 37 heavy (non-hydrogen) atoms. The summed E-state index contributed by atoms with van der Waals surface area (Å²) < 4.78 is 57.3. The Labute approximate surface area is 220 Å². The minimum absolute atomic E-state index is 0.165. The standard InChI is InChI=1S/C25H36N6O4S2/c1-20(16-21-8-4-3-5-9-21)26-17-22-10-6-7-11-24(22)29-36(32,33)25-13-12-23(18-27-25)28-37(34,35)31-15-14-30(2)19-31/h6-7,10-15,18,20-21,26,28-29H,3-5,8-9,16-17,19H2,1-2H3. The van der Waals surface area contributed by atoms with Crippen LogP contribution in [0.3, 0.4) is 0 Å². The van der Waals surface area contributed by atoms with Gasteiger partial charge in [-0.3, -0.25) is 9.44 Å². The molecule has 2 aromatic rings. The van der Waals surface area contributed by atoms with Crippen LogP contribution in [0.15, 0.2) is 60.0 Å². The van der Waals surface area contributed by atoms with E-state index in [1.807, 2.05) is 12.1 Å². The summed E-state index contributed by atoms with van der Waals surface area (Å²) in [5.41, 5.74) is 1.49. The molecular weight excluding hydrogens is 512 g/mol. The molecule has 2 heterocycles. The highest BCUT2D eigenvalue weighted by Crippen LogP contribution is 2.27. The second-order valence-electron chi connectivity index (χ2n) is 9.86. The van der Waals surface area contributed by atoms with E-state index in [0.29, 0.717) is 18.3 Å². The van der Waals surface area contributed by atoms with Crippen LogP contribution in [0, 0.1) is 5.92 Å². The van der Waals surface area contributed by atoms with Crippen LogP contribution in [0.1, 0.15) is 51.0 Å². The molecule has 1 aliphatic heterocycles. The zero-order valence-corrected chi connectivity index (χ0v) is 22.9. The Kier molecular flexibility index (Phi) is 8.60. The summed E-state index contributed by atoms with van der Waals surface area (Å²) in [4.78, 5) is 5.71. The molecule has 10 nitrogen and oxygen atoms in total. The lowest BCUT2D eigenvalue weighted by Crippen LogP contribution is -2.33. The molecule has 12 heteroatoms. The molecule has 202 valence electrons. The van der Waals surface area contributed by atoms with Crippen molar-refractivity contribution in [3.63, 3.8) is 0 Å². The van der Waals surface area contributed by atoms with Crippen molar-refractivity contribution >= 4 is 31.6 Å². The van der Waals surface area contributed by atoms with E-state index >= 15 is 0 Å². The Bertz CT molecular complexity index is 1290. The van der Waals surface area contributed by atoms with E-state index in [0.717, 1.165) is 22.2 Å². The average Bonchev–Trinajstić information content (AvgIpc) is 3.31. The summed E-state index contributed by atoms with van der Waals surface area (Å²) in [6.45, 7) is 2.91. The van der Waals surface area contributed by atoms with Gasteiger partial charge in [-0.2, -0.15) is 16.8 Å². The maximum atomic E-state index is 13.0. The number of para-hydroxylation sites is 1. The monoisotopic (exact) mass is 548 g/mol. The summed E-state index contributed by atoms with van der Waals surface area (Å²) in [6.07, 6.45) is 12.0. The van der Waals surface area contributed by atoms with E-state index in [4.69, 9.17) is 0 Å². The highest BCUT2D eigenvalue weighted by molar-refractivity contribution is 7.92. The molecule has 1 aliphatic carbocycles. The van der Waals surface area contributed by atoms with Crippen LogP contribution in [-0.4, -0.2) is 50.8 Å². The number of sulfonamides is 1. The molecule has 0 spiro atoms. The van der Waals surface area contributed by atoms with Crippen molar-refractivity contribution in [2.75, 3.05) is 23.2 Å². The first-order valence-electron chi connectivity index (χ1n) is 12.6. The number of hydrogen-bond acceptors (Lipinski definition) is 7. The number of anilines is 2. The quantitative estimate of drug-likeness (QED) is 0.391. The van der Waals surface area contributed by atoms with Crippen LogP contribution < -0.4 is 14.8 Å². The number of aromatic nitrogens is 1. The van der Waals surface area contributed by atoms with Crippen LogP contribution in [0.4, 0.5) is 11.4 Å². The lowest BCUT2D eigenvalue weighted by molar-refractivity contribution is 0.305. The summed E-state index contributed by atoms with van der Waals surface area (Å²) in [7, 11) is -6.05. The van der Waals surface area contributed by atoms with Gasteiger partial charge in [0, 0.05) is 32.0 Å². The molecule has 1 aromatic carbocycles. The summed E-state index contributed by atoms with van der Waals surface area (Å²) in [5, 5.41) is 3.34. The van der Waals surface area contributed by atoms with E-state index in [2.05, 4.69) is 26.7 Å². The first-order valence-corrected chi connectivity index (χ1v) is 15.5. The number of nitrogens with zero attached hydrogens (tertiary/aromatic N) is 3. The molecule has 1 unspecified atom stereocenters. The Morgan fingerprint density at radius 2 is 1.76 bits per heavy atom. The lowest BCUT2D eigenvalue weighted by atomic mass is 9.85. The predicted molar refractivity (Wildman–Crippen MR) is 145 cm³/mol. The molecule has 1 fully saturated rings. The van der Waals surface area contributed by atoms with Crippen molar-refractivity contribution < 1.29 is 16.8 Å². The molecular formula is C25H36N6O4S2. The topological polar surface area (TPSA) is 124 Å². The number of benzene rings is 1. The van der Waals surface area contributed by atoms with Gasteiger partial charge in [-0.15, -0.1) is 0 Å². The zero-order valence-electron chi connectivity index (χ0n) is 21.3. The second kappa shape index (κ2) is 11.7. The highest BCUT2D eigenvalue weighted by Gasteiger charge is 2.24. The van der Waals surface area contributed by atoms with E-state index < -0.39 is 20.2 Å². The number of rotatable bonds is 11. The first kappa shape index (κ1) is 27.2. The van der Waals surface area contributed by atoms with E-state index in [1.54, 1.807) is 30.3 Å². The molecule has 0 radical (unpaired) electrons. The largest absolute Gasteiger partial charge is 0.361 e. The Hall–Kier alpha value is -2.83. The van der Waals surface area contributed by atoms with Gasteiger partial charge in [0.05, 0.1) is 17.6 Å². The van der Waals surface area contributed by atoms with Crippen molar-refractivity contribution in [1.29, 1.82) is 0 Å². The van der Waals surface area contributed by atoms with Gasteiger partial charge < -0.3 is 10.2 Å². The summed E-state index contributed by atoms with van der Waals surface area (Å²) in [6, 6.07) is 10.3. The second-order valence-corrected chi connectivity index (χ2v) is 13.1. The molecule has 3 N–H and O–H groups in total. The zero-order chi connectivity index (χ0) is 26.5. The first-order chi connectivity index (χ1) is 17.6. The van der Waals surface area contributed by atoms with Crippen LogP contribution in [0.5, 0.6) is 0 Å². The minimum Gasteiger partial charge on any atom is -0.361 e. The predicted octanol–water partition coefficient (Wildman–Crippen LogP) is 3.66. The van der Waals surface area contributed by atoms with Crippen LogP contribution in [0.25, 0.3) is 0 Å². The van der Waals surface area contributed by atoms with Gasteiger partial charge in [-0.05, 0) is 43.0 Å². The van der Waals surface area contributed by atoms with Gasteiger partial charge >= 0.3 is 10.2 Å². The van der Waals surface area contributed by atoms with Crippen molar-refractivity contribution in [1.82, 2.24) is 19.5 Å². The van der Waals surface area contributed by atoms with Crippen molar-refractivity contribution in [3.05, 3.63) is 60.6 Å². The van der Waals surface area contributed by atoms with Crippen LogP contribution in [0.2, 0.25) is 0 Å². The maximum absolute atomic E-state index is 13.0. The molecule has 0 saturated heterocycles. The molecule has 0 amide bonds. The average molecular weight is 549 g/mol. The lowest BCUT2D eigenvalue weighted by Gasteiger charge is -2.25. The molecule has 1 saturated carbocycles. The minimum atomic E-state index is -3.97. The van der Waals surface area contributed by atoms with Crippen molar-refractivity contribution in [3.8, 4) is 0 Å². The molecule has 4 rings (SSSR count). The Morgan fingerprint density at radius 3 is 2.43 bits per heavy atom. The van der Waals surface area contributed by atoms with Crippen LogP contribution in [-0.2, 0) is 26.8 Å². The summed E-state index contributed by atoms with van der Waals surface area (Å²) >= 11 is 0. The SMILES string of the molecule is CC(CC1CCCCC1)NCc1ccccc1NS(=O)(=O)c1ccc(NS(=O)(=O)N2C=CN(C)C2)cn1. The van der Waals surface area contributed by atoms with Gasteiger partial charge in [0.1, 0.15) is 6.67 Å². The fourth-order valence-corrected chi connectivity index (χ4v) is 6.84. The third kappa shape index (κ3) is 7.36. The maximum Gasteiger partial charge on any atom is 0.325 e. The fraction of sp³-hybridized carbons (Fsp3) is 0.480. The van der Waals surface area contributed by atoms with Gasteiger partial charge in [-0.25, -0.2) is 9.29 Å². The third-order valence-electron chi connectivity index (χ3n) is 6.73. The molecule has 0 bridgehead atoms. The van der Waals surface area contributed by atoms with E-state index in [-0.39, 0.29) is 17.4 Å². The van der Waals surface area contributed by atoms with Gasteiger partial charge in [0.25, 0.3) is 10.0 Å². The van der Waals surface area contributed by atoms with Crippen molar-refractivity contribution in [2.45, 2.75) is 63.1 Å². The highest BCUT2D eigenvalue weighted by atomic mass is 32.2. The van der Waals surface area contributed by atoms with Gasteiger partial charge in [0.2, 0.25) is 0 Å². The Morgan fingerprint density at radius 1 is 1.00 bits per heavy atom. The summed E-state index contributed by atoms with van der Waals surface area (Å²) in [5.74, 6) is 0.761. The third-order valence-corrected chi connectivity index (χ3v) is 9.36. The van der Waals surface area contributed by atoms with Gasteiger partial charge in [-0.1, -0.05) is 50.3 Å². The molecule has 1 aromatic heterocycles. The number of pyridine rings is 1. The van der Waals surface area contributed by atoms with Crippen LogP contribution >= 0.6 is 0 Å². The smallest absolute Gasteiger partial charge is 0.325 e. The van der Waals surface area contributed by atoms with E-state index in [1.165, 1.54) is 56.6 Å². The fourth-order valence-electron chi connectivity index (χ4n) is 4.73. The van der Waals surface area contributed by atoms with Gasteiger partial charge in [0.15, 0.2) is 5.03 Å². The molecule has 1 atom stereocenters. The van der Waals surface area contributed by atoms with E-state index in [9.17, 15) is 16.8 Å². The van der Waals surface area contributed by atoms with Crippen molar-refractivity contribution in [2.24, 2.45) is 5.92 Å².